The largest absolute Gasteiger partial charge is 0.355 e. The fourth-order valence-corrected chi connectivity index (χ4v) is 2.34. The van der Waals surface area contributed by atoms with Gasteiger partial charge in [-0.2, -0.15) is 0 Å². The second-order valence-electron chi connectivity index (χ2n) is 4.96. The van der Waals surface area contributed by atoms with Gasteiger partial charge >= 0.3 is 0 Å². The highest BCUT2D eigenvalue weighted by atomic mass is 16.6. The summed E-state index contributed by atoms with van der Waals surface area (Å²) in [5, 5.41) is 10.6. The van der Waals surface area contributed by atoms with E-state index in [1.165, 1.54) is 0 Å². The van der Waals surface area contributed by atoms with Crippen LogP contribution in [0.3, 0.4) is 0 Å². The molecule has 1 aliphatic rings. The third kappa shape index (κ3) is 2.58. The van der Waals surface area contributed by atoms with Gasteiger partial charge in [-0.15, -0.1) is 0 Å². The molecular formula is C13H16N4O2. The lowest BCUT2D eigenvalue weighted by atomic mass is 10.1. The Labute approximate surface area is 110 Å². The minimum atomic E-state index is 0.130. The molecular weight excluding hydrogens is 244 g/mol. The van der Waals surface area contributed by atoms with Crippen LogP contribution in [0.2, 0.25) is 0 Å². The molecule has 100 valence electrons. The molecule has 1 amide bonds. The van der Waals surface area contributed by atoms with E-state index < -0.39 is 0 Å². The van der Waals surface area contributed by atoms with Crippen LogP contribution in [0.4, 0.5) is 0 Å². The molecule has 0 bridgehead atoms. The van der Waals surface area contributed by atoms with Crippen LogP contribution >= 0.6 is 0 Å². The molecule has 1 aliphatic heterocycles. The predicted molar refractivity (Wildman–Crippen MR) is 69.3 cm³/mol. The van der Waals surface area contributed by atoms with Crippen LogP contribution in [0.5, 0.6) is 0 Å². The molecule has 2 aromatic rings. The van der Waals surface area contributed by atoms with Crippen LogP contribution in [-0.4, -0.2) is 40.3 Å². The number of nitrogens with one attached hydrogen (secondary N) is 1. The predicted octanol–water partition coefficient (Wildman–Crippen LogP) is 0.933. The van der Waals surface area contributed by atoms with E-state index in [0.717, 1.165) is 29.7 Å². The van der Waals surface area contributed by atoms with Crippen molar-refractivity contribution in [2.75, 3.05) is 13.1 Å². The van der Waals surface area contributed by atoms with E-state index in [1.54, 1.807) is 0 Å². The molecule has 1 N–H and O–H groups in total. The van der Waals surface area contributed by atoms with Gasteiger partial charge < -0.3 is 5.32 Å². The second kappa shape index (κ2) is 4.97. The first-order chi connectivity index (χ1) is 9.22. The average molecular weight is 260 g/mol. The first kappa shape index (κ1) is 12.1. The summed E-state index contributed by atoms with van der Waals surface area (Å²) in [4.78, 5) is 13.7. The van der Waals surface area contributed by atoms with Gasteiger partial charge in [0.1, 0.15) is 11.0 Å². The Balaban J connectivity index is 1.77. The number of carbonyl (C=O) groups is 1. The fourth-order valence-electron chi connectivity index (χ4n) is 2.34. The van der Waals surface area contributed by atoms with Crippen molar-refractivity contribution in [2.45, 2.75) is 25.9 Å². The highest BCUT2D eigenvalue weighted by Gasteiger charge is 2.20. The Morgan fingerprint density at radius 1 is 1.42 bits per heavy atom. The van der Waals surface area contributed by atoms with E-state index in [0.29, 0.717) is 19.0 Å². The smallest absolute Gasteiger partial charge is 0.221 e. The number of aromatic nitrogens is 2. The minimum Gasteiger partial charge on any atom is -0.355 e. The summed E-state index contributed by atoms with van der Waals surface area (Å²) >= 11 is 0. The SMILES string of the molecule is CC1CNC(=O)CCN1Cc1ccc2nonc2c1. The van der Waals surface area contributed by atoms with Crippen LogP contribution in [-0.2, 0) is 11.3 Å². The zero-order valence-corrected chi connectivity index (χ0v) is 10.8. The second-order valence-corrected chi connectivity index (χ2v) is 4.96. The van der Waals surface area contributed by atoms with E-state index in [4.69, 9.17) is 4.63 Å². The molecule has 2 heterocycles. The number of hydrogen-bond acceptors (Lipinski definition) is 5. The standard InChI is InChI=1S/C13H16N4O2/c1-9-7-14-13(18)4-5-17(9)8-10-2-3-11-12(6-10)16-19-15-11/h2-3,6,9H,4-5,7-8H2,1H3,(H,14,18). The van der Waals surface area contributed by atoms with Crippen molar-refractivity contribution in [1.29, 1.82) is 0 Å². The molecule has 19 heavy (non-hydrogen) atoms. The van der Waals surface area contributed by atoms with Gasteiger partial charge in [0, 0.05) is 32.1 Å². The summed E-state index contributed by atoms with van der Waals surface area (Å²) in [5.74, 6) is 0.130. The van der Waals surface area contributed by atoms with Gasteiger partial charge in [-0.05, 0) is 34.9 Å². The highest BCUT2D eigenvalue weighted by Crippen LogP contribution is 2.15. The molecule has 3 rings (SSSR count). The summed E-state index contributed by atoms with van der Waals surface area (Å²) in [7, 11) is 0. The van der Waals surface area contributed by atoms with E-state index in [9.17, 15) is 4.79 Å². The molecule has 0 saturated carbocycles. The van der Waals surface area contributed by atoms with Gasteiger partial charge in [0.15, 0.2) is 0 Å². The van der Waals surface area contributed by atoms with Gasteiger partial charge in [-0.1, -0.05) is 6.07 Å². The highest BCUT2D eigenvalue weighted by molar-refractivity contribution is 5.76. The molecule has 0 radical (unpaired) electrons. The lowest BCUT2D eigenvalue weighted by molar-refractivity contribution is -0.120. The number of amides is 1. The molecule has 0 spiro atoms. The summed E-state index contributed by atoms with van der Waals surface area (Å²) in [6.45, 7) is 4.41. The van der Waals surface area contributed by atoms with Crippen LogP contribution < -0.4 is 5.32 Å². The van der Waals surface area contributed by atoms with Crippen molar-refractivity contribution in [1.82, 2.24) is 20.5 Å². The van der Waals surface area contributed by atoms with Gasteiger partial charge in [0.2, 0.25) is 5.91 Å². The van der Waals surface area contributed by atoms with Gasteiger partial charge in [0.25, 0.3) is 0 Å². The van der Waals surface area contributed by atoms with E-state index in [-0.39, 0.29) is 5.91 Å². The molecule has 1 fully saturated rings. The quantitative estimate of drug-likeness (QED) is 0.870. The lowest BCUT2D eigenvalue weighted by Crippen LogP contribution is -2.37. The summed E-state index contributed by atoms with van der Waals surface area (Å²) in [5.41, 5.74) is 2.70. The Bertz CT molecular complexity index is 595. The topological polar surface area (TPSA) is 71.3 Å². The van der Waals surface area contributed by atoms with Gasteiger partial charge in [-0.25, -0.2) is 4.63 Å². The first-order valence-electron chi connectivity index (χ1n) is 6.44. The van der Waals surface area contributed by atoms with Crippen molar-refractivity contribution in [3.8, 4) is 0 Å². The average Bonchev–Trinajstić information content (AvgIpc) is 2.81. The number of fused-ring (bicyclic) bond motifs is 1. The van der Waals surface area contributed by atoms with Crippen LogP contribution in [0.15, 0.2) is 22.8 Å². The maximum atomic E-state index is 11.4. The normalized spacial score (nSPS) is 21.3. The van der Waals surface area contributed by atoms with Gasteiger partial charge in [-0.3, -0.25) is 9.69 Å². The molecule has 6 nitrogen and oxygen atoms in total. The van der Waals surface area contributed by atoms with Crippen LogP contribution in [0, 0.1) is 0 Å². The maximum absolute atomic E-state index is 11.4. The van der Waals surface area contributed by atoms with Crippen molar-refractivity contribution in [3.63, 3.8) is 0 Å². The molecule has 1 saturated heterocycles. The van der Waals surface area contributed by atoms with Crippen LogP contribution in [0.1, 0.15) is 18.9 Å². The zero-order chi connectivity index (χ0) is 13.2. The number of benzene rings is 1. The molecule has 1 unspecified atom stereocenters. The van der Waals surface area contributed by atoms with Crippen LogP contribution in [0.25, 0.3) is 11.0 Å². The van der Waals surface area contributed by atoms with Crippen molar-refractivity contribution < 1.29 is 9.42 Å². The fraction of sp³-hybridized carbons (Fsp3) is 0.462. The summed E-state index contributed by atoms with van der Waals surface area (Å²) in [6.07, 6.45) is 0.554. The maximum Gasteiger partial charge on any atom is 0.221 e. The van der Waals surface area contributed by atoms with Gasteiger partial charge in [0.05, 0.1) is 0 Å². The van der Waals surface area contributed by atoms with E-state index >= 15 is 0 Å². The molecule has 6 heteroatoms. The number of nitrogens with zero attached hydrogens (tertiary/aromatic N) is 3. The Morgan fingerprint density at radius 3 is 3.16 bits per heavy atom. The number of hydrogen-bond donors (Lipinski definition) is 1. The Kier molecular flexibility index (Phi) is 3.16. The first-order valence-corrected chi connectivity index (χ1v) is 6.44. The van der Waals surface area contributed by atoms with E-state index in [2.05, 4.69) is 27.5 Å². The Hall–Kier alpha value is -1.95. The Morgan fingerprint density at radius 2 is 2.26 bits per heavy atom. The number of rotatable bonds is 2. The molecule has 1 aromatic heterocycles. The molecule has 1 atom stereocenters. The van der Waals surface area contributed by atoms with Crippen molar-refractivity contribution in [2.24, 2.45) is 0 Å². The minimum absolute atomic E-state index is 0.130. The molecule has 0 aliphatic carbocycles. The monoisotopic (exact) mass is 260 g/mol. The lowest BCUT2D eigenvalue weighted by Gasteiger charge is -2.26. The zero-order valence-electron chi connectivity index (χ0n) is 10.8. The number of carbonyl (C=O) groups excluding carboxylic acids is 1. The third-order valence-electron chi connectivity index (χ3n) is 3.55. The van der Waals surface area contributed by atoms with Crippen molar-refractivity contribution >= 4 is 16.9 Å². The summed E-state index contributed by atoms with van der Waals surface area (Å²) < 4.78 is 4.70. The van der Waals surface area contributed by atoms with Crippen molar-refractivity contribution in [3.05, 3.63) is 23.8 Å². The third-order valence-corrected chi connectivity index (χ3v) is 3.55. The molecule has 1 aromatic carbocycles. The summed E-state index contributed by atoms with van der Waals surface area (Å²) in [6, 6.07) is 6.25. The van der Waals surface area contributed by atoms with E-state index in [1.807, 2.05) is 18.2 Å².